The minimum absolute atomic E-state index is 0.0887. The van der Waals surface area contributed by atoms with Crippen molar-refractivity contribution in [1.82, 2.24) is 5.32 Å². The van der Waals surface area contributed by atoms with Gasteiger partial charge in [0.05, 0.1) is 5.41 Å². The van der Waals surface area contributed by atoms with E-state index in [-0.39, 0.29) is 29.5 Å². The third-order valence-corrected chi connectivity index (χ3v) is 4.40. The number of ether oxygens (including phenoxy) is 1. The molecule has 2 N–H and O–H groups in total. The first-order valence-corrected chi connectivity index (χ1v) is 8.87. The molecule has 0 aliphatic heterocycles. The molecule has 0 unspecified atom stereocenters. The van der Waals surface area contributed by atoms with Crippen molar-refractivity contribution in [3.8, 4) is 5.75 Å². The molecular formula is C19H25F3N2O3. The molecule has 0 bridgehead atoms. The first-order valence-electron chi connectivity index (χ1n) is 8.87. The summed E-state index contributed by atoms with van der Waals surface area (Å²) < 4.78 is 40.5. The molecule has 0 aromatic heterocycles. The van der Waals surface area contributed by atoms with Crippen LogP contribution < -0.4 is 15.4 Å². The van der Waals surface area contributed by atoms with Crippen molar-refractivity contribution in [2.45, 2.75) is 64.8 Å². The lowest BCUT2D eigenvalue weighted by molar-refractivity contribution is -0.274. The van der Waals surface area contributed by atoms with Gasteiger partial charge in [-0.3, -0.25) is 9.59 Å². The number of alkyl halides is 3. The zero-order valence-electron chi connectivity index (χ0n) is 15.7. The van der Waals surface area contributed by atoms with Crippen molar-refractivity contribution in [3.05, 3.63) is 24.3 Å². The Bertz CT molecular complexity index is 673. The molecule has 0 heterocycles. The van der Waals surface area contributed by atoms with Crippen LogP contribution in [0.2, 0.25) is 0 Å². The minimum Gasteiger partial charge on any atom is -0.406 e. The van der Waals surface area contributed by atoms with Crippen molar-refractivity contribution in [1.29, 1.82) is 0 Å². The molecule has 0 atom stereocenters. The van der Waals surface area contributed by atoms with E-state index in [2.05, 4.69) is 15.4 Å². The number of hydrogen-bond acceptors (Lipinski definition) is 3. The van der Waals surface area contributed by atoms with Gasteiger partial charge in [-0.25, -0.2) is 0 Å². The molecular weight excluding hydrogens is 361 g/mol. The fourth-order valence-electron chi connectivity index (χ4n) is 3.31. The number of nitrogens with one attached hydrogen (secondary N) is 2. The van der Waals surface area contributed by atoms with Gasteiger partial charge in [-0.1, -0.05) is 12.8 Å². The van der Waals surface area contributed by atoms with Gasteiger partial charge in [0.1, 0.15) is 5.75 Å². The van der Waals surface area contributed by atoms with E-state index in [9.17, 15) is 22.8 Å². The third-order valence-electron chi connectivity index (χ3n) is 4.40. The largest absolute Gasteiger partial charge is 0.573 e. The first-order chi connectivity index (χ1) is 12.4. The monoisotopic (exact) mass is 386 g/mol. The Morgan fingerprint density at radius 2 is 1.63 bits per heavy atom. The highest BCUT2D eigenvalue weighted by Gasteiger charge is 2.43. The summed E-state index contributed by atoms with van der Waals surface area (Å²) in [5.41, 5.74) is -0.824. The normalized spacial score (nSPS) is 16.7. The maximum Gasteiger partial charge on any atom is 0.573 e. The van der Waals surface area contributed by atoms with E-state index < -0.39 is 11.8 Å². The standard InChI is InChI=1S/C19H25F3N2O3/c1-17(2,3)24-15(25)12-18(10-4-5-11-18)16(26)23-13-6-8-14(9-7-13)27-19(20,21)22/h6-9H,4-5,10-12H2,1-3H3,(H,23,26)(H,24,25). The van der Waals surface area contributed by atoms with E-state index in [4.69, 9.17) is 0 Å². The van der Waals surface area contributed by atoms with Crippen molar-refractivity contribution < 1.29 is 27.5 Å². The predicted molar refractivity (Wildman–Crippen MR) is 95.2 cm³/mol. The van der Waals surface area contributed by atoms with E-state index in [0.717, 1.165) is 25.0 Å². The maximum absolute atomic E-state index is 12.8. The molecule has 1 aliphatic carbocycles. The van der Waals surface area contributed by atoms with Crippen LogP contribution in [0, 0.1) is 5.41 Å². The Balaban J connectivity index is 2.05. The Morgan fingerprint density at radius 3 is 2.11 bits per heavy atom. The molecule has 150 valence electrons. The highest BCUT2D eigenvalue weighted by Crippen LogP contribution is 2.42. The Morgan fingerprint density at radius 1 is 1.07 bits per heavy atom. The lowest BCUT2D eigenvalue weighted by atomic mass is 9.81. The summed E-state index contributed by atoms with van der Waals surface area (Å²) in [6, 6.07) is 4.96. The summed E-state index contributed by atoms with van der Waals surface area (Å²) in [6.45, 7) is 5.62. The smallest absolute Gasteiger partial charge is 0.406 e. The number of carbonyl (C=O) groups is 2. The van der Waals surface area contributed by atoms with Crippen molar-refractivity contribution >= 4 is 17.5 Å². The van der Waals surface area contributed by atoms with Gasteiger partial charge < -0.3 is 15.4 Å². The zero-order chi connectivity index (χ0) is 20.3. The van der Waals surface area contributed by atoms with Crippen LogP contribution >= 0.6 is 0 Å². The van der Waals surface area contributed by atoms with Crippen LogP contribution in [0.4, 0.5) is 18.9 Å². The maximum atomic E-state index is 12.8. The highest BCUT2D eigenvalue weighted by atomic mass is 19.4. The number of anilines is 1. The molecule has 1 aromatic carbocycles. The number of benzene rings is 1. The second kappa shape index (κ2) is 7.78. The van der Waals surface area contributed by atoms with Gasteiger partial charge >= 0.3 is 6.36 Å². The van der Waals surface area contributed by atoms with Crippen LogP contribution in [-0.2, 0) is 9.59 Å². The fourth-order valence-corrected chi connectivity index (χ4v) is 3.31. The fraction of sp³-hybridized carbons (Fsp3) is 0.579. The van der Waals surface area contributed by atoms with Gasteiger partial charge in [0.15, 0.2) is 0 Å². The van der Waals surface area contributed by atoms with Gasteiger partial charge in [0.2, 0.25) is 11.8 Å². The second-order valence-electron chi connectivity index (χ2n) is 7.99. The van der Waals surface area contributed by atoms with E-state index in [1.165, 1.54) is 12.1 Å². The highest BCUT2D eigenvalue weighted by molar-refractivity contribution is 5.98. The van der Waals surface area contributed by atoms with E-state index in [0.29, 0.717) is 18.5 Å². The number of amides is 2. The molecule has 1 fully saturated rings. The molecule has 2 amide bonds. The lowest BCUT2D eigenvalue weighted by Crippen LogP contribution is -2.45. The number of halogens is 3. The topological polar surface area (TPSA) is 67.4 Å². The number of rotatable bonds is 5. The third kappa shape index (κ3) is 6.45. The van der Waals surface area contributed by atoms with Gasteiger partial charge in [0.25, 0.3) is 0 Å². The number of hydrogen-bond donors (Lipinski definition) is 2. The predicted octanol–water partition coefficient (Wildman–Crippen LogP) is 4.39. The van der Waals surface area contributed by atoms with Crippen LogP contribution in [0.15, 0.2) is 24.3 Å². The SMILES string of the molecule is CC(C)(C)NC(=O)CC1(C(=O)Nc2ccc(OC(F)(F)F)cc2)CCCC1. The second-order valence-corrected chi connectivity index (χ2v) is 7.99. The molecule has 2 rings (SSSR count). The molecule has 0 saturated heterocycles. The summed E-state index contributed by atoms with van der Waals surface area (Å²) in [5.74, 6) is -0.831. The average Bonchev–Trinajstić information content (AvgIpc) is 2.95. The van der Waals surface area contributed by atoms with Crippen LogP contribution in [0.25, 0.3) is 0 Å². The summed E-state index contributed by atoms with van der Waals surface area (Å²) in [7, 11) is 0. The molecule has 1 saturated carbocycles. The first kappa shape index (κ1) is 21.1. The summed E-state index contributed by atoms with van der Waals surface area (Å²) in [5, 5.41) is 5.60. The molecule has 5 nitrogen and oxygen atoms in total. The van der Waals surface area contributed by atoms with Gasteiger partial charge in [0, 0.05) is 17.6 Å². The van der Waals surface area contributed by atoms with E-state index >= 15 is 0 Å². The van der Waals surface area contributed by atoms with Gasteiger partial charge in [-0.05, 0) is 57.9 Å². The number of carbonyl (C=O) groups excluding carboxylic acids is 2. The average molecular weight is 386 g/mol. The van der Waals surface area contributed by atoms with Crippen molar-refractivity contribution in [3.63, 3.8) is 0 Å². The van der Waals surface area contributed by atoms with Crippen LogP contribution in [0.3, 0.4) is 0 Å². The Hall–Kier alpha value is -2.25. The summed E-state index contributed by atoms with van der Waals surface area (Å²) in [4.78, 5) is 25.2. The lowest BCUT2D eigenvalue weighted by Gasteiger charge is -2.29. The Kier molecular flexibility index (Phi) is 6.07. The molecule has 1 aromatic rings. The van der Waals surface area contributed by atoms with Gasteiger partial charge in [-0.15, -0.1) is 13.2 Å². The molecule has 0 radical (unpaired) electrons. The molecule has 27 heavy (non-hydrogen) atoms. The zero-order valence-corrected chi connectivity index (χ0v) is 15.7. The quantitative estimate of drug-likeness (QED) is 0.789. The molecule has 1 aliphatic rings. The minimum atomic E-state index is -4.76. The summed E-state index contributed by atoms with van der Waals surface area (Å²) in [6.07, 6.45) is -1.76. The van der Waals surface area contributed by atoms with E-state index in [1.807, 2.05) is 20.8 Å². The van der Waals surface area contributed by atoms with Crippen LogP contribution in [0.1, 0.15) is 52.9 Å². The van der Waals surface area contributed by atoms with Crippen molar-refractivity contribution in [2.24, 2.45) is 5.41 Å². The molecule has 0 spiro atoms. The van der Waals surface area contributed by atoms with E-state index in [1.54, 1.807) is 0 Å². The van der Waals surface area contributed by atoms with Gasteiger partial charge in [-0.2, -0.15) is 0 Å². The van der Waals surface area contributed by atoms with Crippen molar-refractivity contribution in [2.75, 3.05) is 5.32 Å². The molecule has 8 heteroatoms. The summed E-state index contributed by atoms with van der Waals surface area (Å²) >= 11 is 0. The van der Waals surface area contributed by atoms with Crippen LogP contribution in [0.5, 0.6) is 5.75 Å². The van der Waals surface area contributed by atoms with Crippen LogP contribution in [-0.4, -0.2) is 23.7 Å². The Labute approximate surface area is 156 Å².